The minimum absolute atomic E-state index is 0.333. The van der Waals surface area contributed by atoms with Crippen LogP contribution in [0.2, 0.25) is 0 Å². The van der Waals surface area contributed by atoms with E-state index in [2.05, 4.69) is 20.5 Å². The van der Waals surface area contributed by atoms with Crippen molar-refractivity contribution < 1.29 is 13.3 Å². The SMILES string of the molecule is CCOPC(F)(F)Br. The van der Waals surface area contributed by atoms with Crippen LogP contribution in [0.15, 0.2) is 0 Å². The maximum atomic E-state index is 11.7. The molecule has 5 heteroatoms. The molecule has 0 amide bonds. The molecule has 0 saturated heterocycles. The Morgan fingerprint density at radius 1 is 1.75 bits per heavy atom. The predicted octanol–water partition coefficient (Wildman–Crippen LogP) is 2.56. The summed E-state index contributed by atoms with van der Waals surface area (Å²) in [6.07, 6.45) is 0. The summed E-state index contributed by atoms with van der Waals surface area (Å²) in [6, 6.07) is 0. The Bertz CT molecular complexity index is 64.8. The lowest BCUT2D eigenvalue weighted by Gasteiger charge is -2.05. The van der Waals surface area contributed by atoms with Crippen molar-refractivity contribution in [2.75, 3.05) is 6.61 Å². The van der Waals surface area contributed by atoms with E-state index in [4.69, 9.17) is 0 Å². The first kappa shape index (κ1) is 8.73. The van der Waals surface area contributed by atoms with E-state index in [-0.39, 0.29) is 0 Å². The highest BCUT2D eigenvalue weighted by Crippen LogP contribution is 2.41. The summed E-state index contributed by atoms with van der Waals surface area (Å²) >= 11 is 2.13. The van der Waals surface area contributed by atoms with Crippen molar-refractivity contribution in [3.63, 3.8) is 0 Å². The normalized spacial score (nSPS) is 13.5. The first-order chi connectivity index (χ1) is 3.56. The zero-order chi connectivity index (χ0) is 6.62. The lowest BCUT2D eigenvalue weighted by molar-refractivity contribution is 0.196. The molecule has 0 aromatic carbocycles. The average molecular weight is 207 g/mol. The van der Waals surface area contributed by atoms with Crippen LogP contribution in [-0.4, -0.2) is 11.2 Å². The lowest BCUT2D eigenvalue weighted by Crippen LogP contribution is -1.94. The van der Waals surface area contributed by atoms with Crippen LogP contribution in [0.25, 0.3) is 0 Å². The zero-order valence-electron chi connectivity index (χ0n) is 4.25. The average Bonchev–Trinajstić information content (AvgIpc) is 1.59. The van der Waals surface area contributed by atoms with E-state index < -0.39 is 13.4 Å². The van der Waals surface area contributed by atoms with Crippen LogP contribution in [0.4, 0.5) is 8.78 Å². The van der Waals surface area contributed by atoms with E-state index in [1.807, 2.05) is 0 Å². The van der Waals surface area contributed by atoms with Crippen LogP contribution in [0.1, 0.15) is 6.92 Å². The van der Waals surface area contributed by atoms with Crippen molar-refractivity contribution in [2.24, 2.45) is 0 Å². The molecular weight excluding hydrogens is 201 g/mol. The fourth-order valence-electron chi connectivity index (χ4n) is 0.154. The van der Waals surface area contributed by atoms with Crippen molar-refractivity contribution in [1.82, 2.24) is 0 Å². The molecule has 0 bridgehead atoms. The number of alkyl halides is 3. The van der Waals surface area contributed by atoms with E-state index in [1.165, 1.54) is 0 Å². The van der Waals surface area contributed by atoms with Crippen LogP contribution >= 0.6 is 24.7 Å². The lowest BCUT2D eigenvalue weighted by atomic mass is 10.9. The summed E-state index contributed by atoms with van der Waals surface area (Å²) in [5, 5.41) is 0. The fraction of sp³-hybridized carbons (Fsp3) is 1.00. The second-order valence-corrected chi connectivity index (χ2v) is 3.88. The van der Waals surface area contributed by atoms with Gasteiger partial charge in [-0.05, 0) is 22.9 Å². The van der Waals surface area contributed by atoms with Gasteiger partial charge in [-0.3, -0.25) is 0 Å². The van der Waals surface area contributed by atoms with Gasteiger partial charge < -0.3 is 4.52 Å². The van der Waals surface area contributed by atoms with E-state index in [9.17, 15) is 8.78 Å². The van der Waals surface area contributed by atoms with Gasteiger partial charge in [0.15, 0.2) is 0 Å². The molecule has 0 aliphatic rings. The molecule has 1 atom stereocenters. The van der Waals surface area contributed by atoms with Crippen LogP contribution in [-0.2, 0) is 4.52 Å². The largest absolute Gasteiger partial charge is 0.355 e. The summed E-state index contributed by atoms with van der Waals surface area (Å²) in [5.74, 6) is 0. The zero-order valence-corrected chi connectivity index (χ0v) is 6.84. The van der Waals surface area contributed by atoms with Gasteiger partial charge >= 0.3 is 4.57 Å². The summed E-state index contributed by atoms with van der Waals surface area (Å²) < 4.78 is 25.0. The highest BCUT2D eigenvalue weighted by molar-refractivity contribution is 9.10. The van der Waals surface area contributed by atoms with Crippen LogP contribution in [0.5, 0.6) is 0 Å². The second-order valence-electron chi connectivity index (χ2n) is 1.03. The third-order valence-electron chi connectivity index (χ3n) is 0.332. The summed E-state index contributed by atoms with van der Waals surface area (Å²) in [7, 11) is -0.775. The quantitative estimate of drug-likeness (QED) is 0.510. The molecular formula is C3H6BrF2OP. The van der Waals surface area contributed by atoms with Crippen LogP contribution < -0.4 is 0 Å². The molecule has 1 unspecified atom stereocenters. The molecule has 0 aliphatic heterocycles. The molecule has 0 aliphatic carbocycles. The summed E-state index contributed by atoms with van der Waals surface area (Å²) in [4.78, 5) is 0. The second kappa shape index (κ2) is 3.70. The fourth-order valence-corrected chi connectivity index (χ4v) is 0.805. The molecule has 8 heavy (non-hydrogen) atoms. The summed E-state index contributed by atoms with van der Waals surface area (Å²) in [5.41, 5.74) is 0. The van der Waals surface area contributed by atoms with Gasteiger partial charge in [0.05, 0.1) is 0 Å². The third-order valence-corrected chi connectivity index (χ3v) is 1.48. The Balaban J connectivity index is 3.11. The standard InChI is InChI=1S/C3H6BrF2OP/c1-2-7-8-3(4,5)6/h8H,2H2,1H3. The molecule has 1 nitrogen and oxygen atoms in total. The van der Waals surface area contributed by atoms with Gasteiger partial charge in [0.1, 0.15) is 8.81 Å². The van der Waals surface area contributed by atoms with Gasteiger partial charge in [-0.15, -0.1) is 0 Å². The molecule has 0 fully saturated rings. The topological polar surface area (TPSA) is 9.23 Å². The number of hydrogen-bond donors (Lipinski definition) is 0. The molecule has 0 N–H and O–H groups in total. The maximum absolute atomic E-state index is 11.7. The van der Waals surface area contributed by atoms with Gasteiger partial charge in [-0.2, -0.15) is 8.78 Å². The number of rotatable bonds is 3. The van der Waals surface area contributed by atoms with Gasteiger partial charge in [0.2, 0.25) is 0 Å². The minimum atomic E-state index is -2.83. The Kier molecular flexibility index (Phi) is 4.04. The Morgan fingerprint density at radius 3 is 2.38 bits per heavy atom. The smallest absolute Gasteiger partial charge is 0.338 e. The first-order valence-electron chi connectivity index (χ1n) is 2.02. The van der Waals surface area contributed by atoms with Crippen molar-refractivity contribution in [3.8, 4) is 0 Å². The molecule has 0 spiro atoms. The Morgan fingerprint density at radius 2 is 2.25 bits per heavy atom. The molecule has 50 valence electrons. The highest BCUT2D eigenvalue weighted by atomic mass is 79.9. The van der Waals surface area contributed by atoms with Crippen LogP contribution in [0.3, 0.4) is 0 Å². The number of halogens is 3. The molecule has 0 radical (unpaired) electrons. The Hall–Kier alpha value is 0.730. The van der Waals surface area contributed by atoms with Gasteiger partial charge in [-0.1, -0.05) is 0 Å². The van der Waals surface area contributed by atoms with E-state index in [1.54, 1.807) is 6.92 Å². The highest BCUT2D eigenvalue weighted by Gasteiger charge is 2.23. The van der Waals surface area contributed by atoms with E-state index >= 15 is 0 Å². The van der Waals surface area contributed by atoms with Crippen LogP contribution in [0, 0.1) is 0 Å². The maximum Gasteiger partial charge on any atom is 0.338 e. The van der Waals surface area contributed by atoms with E-state index in [0.717, 1.165) is 0 Å². The van der Waals surface area contributed by atoms with E-state index in [0.29, 0.717) is 6.61 Å². The molecule has 0 heterocycles. The minimum Gasteiger partial charge on any atom is -0.355 e. The first-order valence-corrected chi connectivity index (χ1v) is 3.72. The monoisotopic (exact) mass is 206 g/mol. The number of hydrogen-bond acceptors (Lipinski definition) is 1. The van der Waals surface area contributed by atoms with Crippen molar-refractivity contribution in [3.05, 3.63) is 0 Å². The molecule has 0 rings (SSSR count). The Labute approximate surface area is 56.8 Å². The molecule has 0 aromatic heterocycles. The molecule has 0 aromatic rings. The summed E-state index contributed by atoms with van der Waals surface area (Å²) in [6.45, 7) is 2.01. The van der Waals surface area contributed by atoms with Crippen molar-refractivity contribution in [1.29, 1.82) is 0 Å². The van der Waals surface area contributed by atoms with Crippen molar-refractivity contribution >= 4 is 24.7 Å². The molecule has 0 saturated carbocycles. The van der Waals surface area contributed by atoms with Crippen molar-refractivity contribution in [2.45, 2.75) is 11.5 Å². The third kappa shape index (κ3) is 6.73. The van der Waals surface area contributed by atoms with Gasteiger partial charge in [-0.25, -0.2) is 0 Å². The van der Waals surface area contributed by atoms with Gasteiger partial charge in [0.25, 0.3) is 0 Å². The predicted molar refractivity (Wildman–Crippen MR) is 33.8 cm³/mol. The van der Waals surface area contributed by atoms with Gasteiger partial charge in [0, 0.05) is 6.61 Å².